The third kappa shape index (κ3) is 6.60. The van der Waals surface area contributed by atoms with Crippen molar-refractivity contribution in [1.29, 1.82) is 0 Å². The highest BCUT2D eigenvalue weighted by Gasteiger charge is 2.17. The number of aliphatic hydroxyl groups is 1. The van der Waals surface area contributed by atoms with Crippen LogP contribution < -0.4 is 5.56 Å². The zero-order chi connectivity index (χ0) is 22.4. The summed E-state index contributed by atoms with van der Waals surface area (Å²) in [6.07, 6.45) is 0.407. The molecule has 168 valence electrons. The van der Waals surface area contributed by atoms with Crippen LogP contribution >= 0.6 is 22.9 Å². The summed E-state index contributed by atoms with van der Waals surface area (Å²) < 4.78 is 5.34. The summed E-state index contributed by atoms with van der Waals surface area (Å²) >= 11 is 7.58. The number of halogens is 1. The van der Waals surface area contributed by atoms with E-state index in [4.69, 9.17) is 21.3 Å². The fourth-order valence-electron chi connectivity index (χ4n) is 3.43. The molecule has 2 aromatic heterocycles. The van der Waals surface area contributed by atoms with Crippen molar-refractivity contribution in [3.8, 4) is 11.1 Å². The molecule has 0 bridgehead atoms. The lowest BCUT2D eigenvalue weighted by Crippen LogP contribution is -2.36. The van der Waals surface area contributed by atoms with Gasteiger partial charge in [-0.25, -0.2) is 4.98 Å². The number of aliphatic hydroxyl groups excluding tert-OH is 1. The Morgan fingerprint density at radius 1 is 1.35 bits per heavy atom. The Balaban J connectivity index is 1.84. The Morgan fingerprint density at radius 2 is 2.16 bits per heavy atom. The Morgan fingerprint density at radius 3 is 2.87 bits per heavy atom. The maximum Gasteiger partial charge on any atom is 0.260 e. The number of aromatic nitrogens is 2. The van der Waals surface area contributed by atoms with Crippen LogP contribution in [0.25, 0.3) is 21.3 Å². The molecule has 2 N–H and O–H groups in total. The van der Waals surface area contributed by atoms with Crippen LogP contribution in [-0.2, 0) is 11.3 Å². The number of nitrogens with zero attached hydrogens (tertiary/aromatic N) is 2. The lowest BCUT2D eigenvalue weighted by Gasteiger charge is -2.25. The third-order valence-corrected chi connectivity index (χ3v) is 6.12. The largest absolute Gasteiger partial charge is 0.389 e. The smallest absolute Gasteiger partial charge is 0.260 e. The van der Waals surface area contributed by atoms with Crippen LogP contribution in [0.5, 0.6) is 0 Å². The number of nitrogens with one attached hydrogen (secondary N) is 1. The molecule has 0 saturated heterocycles. The van der Waals surface area contributed by atoms with Crippen LogP contribution in [0.15, 0.2) is 34.4 Å². The summed E-state index contributed by atoms with van der Waals surface area (Å²) in [5.41, 5.74) is 1.58. The molecule has 0 amide bonds. The van der Waals surface area contributed by atoms with Crippen molar-refractivity contribution in [1.82, 2.24) is 14.9 Å². The third-order valence-electron chi connectivity index (χ3n) is 5.01. The van der Waals surface area contributed by atoms with E-state index in [0.717, 1.165) is 24.1 Å². The molecule has 1 unspecified atom stereocenters. The van der Waals surface area contributed by atoms with Gasteiger partial charge in [-0.15, -0.1) is 11.3 Å². The molecule has 1 atom stereocenters. The molecule has 0 aliphatic rings. The van der Waals surface area contributed by atoms with Crippen molar-refractivity contribution in [3.05, 3.63) is 50.8 Å². The second kappa shape index (κ2) is 11.2. The van der Waals surface area contributed by atoms with Gasteiger partial charge in [0.2, 0.25) is 0 Å². The molecular weight excluding hydrogens is 434 g/mol. The molecule has 0 saturated carbocycles. The standard InChI is InChI=1S/C23H30ClN3O3S/c1-4-30-13-18(28)11-27(9-8-15(2)3)12-20-25-22(29)21-19(14-31-23(21)26-20)16-6-5-7-17(24)10-16/h5-7,10,14-15,18,28H,4,8-9,11-13H2,1-3H3,(H,25,26,29). The van der Waals surface area contributed by atoms with Gasteiger partial charge in [0, 0.05) is 29.1 Å². The highest BCUT2D eigenvalue weighted by Crippen LogP contribution is 2.32. The Hall–Kier alpha value is -1.77. The van der Waals surface area contributed by atoms with Crippen LogP contribution in [0.4, 0.5) is 0 Å². The van der Waals surface area contributed by atoms with Crippen molar-refractivity contribution in [3.63, 3.8) is 0 Å². The fourth-order valence-corrected chi connectivity index (χ4v) is 4.59. The topological polar surface area (TPSA) is 78.5 Å². The van der Waals surface area contributed by atoms with E-state index >= 15 is 0 Å². The van der Waals surface area contributed by atoms with Crippen molar-refractivity contribution < 1.29 is 9.84 Å². The summed E-state index contributed by atoms with van der Waals surface area (Å²) in [5.74, 6) is 1.14. The number of aromatic amines is 1. The second-order valence-corrected chi connectivity index (χ2v) is 9.38. The van der Waals surface area contributed by atoms with Crippen LogP contribution in [0.3, 0.4) is 0 Å². The van der Waals surface area contributed by atoms with Crippen LogP contribution in [0.2, 0.25) is 5.02 Å². The predicted molar refractivity (Wildman–Crippen MR) is 128 cm³/mol. The average Bonchev–Trinajstić information content (AvgIpc) is 3.15. The monoisotopic (exact) mass is 463 g/mol. The number of rotatable bonds is 11. The zero-order valence-corrected chi connectivity index (χ0v) is 19.8. The first-order chi connectivity index (χ1) is 14.9. The molecule has 1 aromatic carbocycles. The molecule has 0 fully saturated rings. The van der Waals surface area contributed by atoms with Gasteiger partial charge in [-0.3, -0.25) is 9.69 Å². The van der Waals surface area contributed by atoms with Gasteiger partial charge >= 0.3 is 0 Å². The van der Waals surface area contributed by atoms with Gasteiger partial charge in [0.1, 0.15) is 10.7 Å². The molecule has 2 heterocycles. The molecule has 6 nitrogen and oxygen atoms in total. The second-order valence-electron chi connectivity index (χ2n) is 8.08. The van der Waals surface area contributed by atoms with Crippen LogP contribution in [0.1, 0.15) is 33.0 Å². The minimum absolute atomic E-state index is 0.158. The molecule has 3 rings (SSSR count). The summed E-state index contributed by atoms with van der Waals surface area (Å²) in [6, 6.07) is 7.47. The number of benzene rings is 1. The van der Waals surface area contributed by atoms with E-state index in [9.17, 15) is 9.90 Å². The maximum absolute atomic E-state index is 12.9. The van der Waals surface area contributed by atoms with Gasteiger partial charge in [0.05, 0.1) is 24.6 Å². The molecule has 0 aliphatic heterocycles. The average molecular weight is 464 g/mol. The minimum atomic E-state index is -0.585. The van der Waals surface area contributed by atoms with Gasteiger partial charge in [-0.1, -0.05) is 37.6 Å². The van der Waals surface area contributed by atoms with Gasteiger partial charge in [-0.05, 0) is 43.5 Å². The summed E-state index contributed by atoms with van der Waals surface area (Å²) in [5, 5.41) is 13.5. The quantitative estimate of drug-likeness (QED) is 0.436. The number of fused-ring (bicyclic) bond motifs is 1. The van der Waals surface area contributed by atoms with Crippen molar-refractivity contribution >= 4 is 33.2 Å². The first-order valence-corrected chi connectivity index (χ1v) is 11.9. The summed E-state index contributed by atoms with van der Waals surface area (Å²) in [7, 11) is 0. The molecule has 8 heteroatoms. The number of hydrogen-bond acceptors (Lipinski definition) is 6. The highest BCUT2D eigenvalue weighted by atomic mass is 35.5. The van der Waals surface area contributed by atoms with Gasteiger partial charge in [-0.2, -0.15) is 0 Å². The Labute approximate surface area is 191 Å². The molecule has 0 spiro atoms. The van der Waals surface area contributed by atoms with E-state index in [1.165, 1.54) is 11.3 Å². The number of ether oxygens (including phenoxy) is 1. The van der Waals surface area contributed by atoms with E-state index in [1.54, 1.807) is 0 Å². The van der Waals surface area contributed by atoms with Gasteiger partial charge in [0.15, 0.2) is 0 Å². The minimum Gasteiger partial charge on any atom is -0.389 e. The first kappa shape index (κ1) is 23.9. The van der Waals surface area contributed by atoms with Gasteiger partial charge in [0.25, 0.3) is 5.56 Å². The van der Waals surface area contributed by atoms with E-state index < -0.39 is 6.10 Å². The van der Waals surface area contributed by atoms with E-state index in [2.05, 4.69) is 23.7 Å². The van der Waals surface area contributed by atoms with Crippen LogP contribution in [-0.4, -0.2) is 52.4 Å². The number of H-pyrrole nitrogens is 1. The van der Waals surface area contributed by atoms with Crippen LogP contribution in [0, 0.1) is 5.92 Å². The van der Waals surface area contributed by atoms with Crippen molar-refractivity contribution in [2.24, 2.45) is 5.92 Å². The summed E-state index contributed by atoms with van der Waals surface area (Å²) in [6.45, 7) is 8.85. The van der Waals surface area contributed by atoms with Crippen molar-refractivity contribution in [2.75, 3.05) is 26.3 Å². The lowest BCUT2D eigenvalue weighted by molar-refractivity contribution is 0.0183. The first-order valence-electron chi connectivity index (χ1n) is 10.6. The Bertz CT molecular complexity index is 1050. The van der Waals surface area contributed by atoms with Crippen molar-refractivity contribution in [2.45, 2.75) is 39.8 Å². The van der Waals surface area contributed by atoms with E-state index in [1.807, 2.05) is 36.6 Å². The van der Waals surface area contributed by atoms with E-state index in [-0.39, 0.29) is 5.56 Å². The normalized spacial score (nSPS) is 12.9. The maximum atomic E-state index is 12.9. The highest BCUT2D eigenvalue weighted by molar-refractivity contribution is 7.17. The molecule has 0 aliphatic carbocycles. The lowest BCUT2D eigenvalue weighted by atomic mass is 10.1. The zero-order valence-electron chi connectivity index (χ0n) is 18.2. The number of hydrogen-bond donors (Lipinski definition) is 2. The molecular formula is C23H30ClN3O3S. The molecule has 3 aromatic rings. The predicted octanol–water partition coefficient (Wildman–Crippen LogP) is 4.55. The molecule has 0 radical (unpaired) electrons. The summed E-state index contributed by atoms with van der Waals surface area (Å²) in [4.78, 5) is 23.4. The Kier molecular flexibility index (Phi) is 8.63. The van der Waals surface area contributed by atoms with E-state index in [0.29, 0.717) is 53.3 Å². The fraction of sp³-hybridized carbons (Fsp3) is 0.478. The molecule has 31 heavy (non-hydrogen) atoms. The number of thiophene rings is 1. The van der Waals surface area contributed by atoms with Gasteiger partial charge < -0.3 is 14.8 Å². The SMILES string of the molecule is CCOCC(O)CN(CCC(C)C)Cc1nc2scc(-c3cccc(Cl)c3)c2c(=O)[nH]1.